The van der Waals surface area contributed by atoms with Gasteiger partial charge in [-0.05, 0) is 56.2 Å². The Kier molecular flexibility index (Phi) is 7.85. The number of benzene rings is 1. The van der Waals surface area contributed by atoms with Crippen molar-refractivity contribution >= 4 is 0 Å². The fourth-order valence-corrected chi connectivity index (χ4v) is 3.92. The fraction of sp³-hybridized carbons (Fsp3) is 0.333. The van der Waals surface area contributed by atoms with Crippen molar-refractivity contribution in [3.63, 3.8) is 0 Å². The third kappa shape index (κ3) is 5.82. The first-order valence-corrected chi connectivity index (χ1v) is 10.1. The Morgan fingerprint density at radius 1 is 1.07 bits per heavy atom. The second-order valence-electron chi connectivity index (χ2n) is 7.62. The van der Waals surface area contributed by atoms with E-state index in [0.717, 1.165) is 12.8 Å². The highest BCUT2D eigenvalue weighted by atomic mass is 14.3. The van der Waals surface area contributed by atoms with Crippen molar-refractivity contribution in [2.45, 2.75) is 53.4 Å². The summed E-state index contributed by atoms with van der Waals surface area (Å²) in [4.78, 5) is 0. The van der Waals surface area contributed by atoms with E-state index in [9.17, 15) is 0 Å². The van der Waals surface area contributed by atoms with Gasteiger partial charge in [-0.15, -0.1) is 0 Å². The molecule has 142 valence electrons. The van der Waals surface area contributed by atoms with Crippen molar-refractivity contribution in [3.05, 3.63) is 107 Å². The van der Waals surface area contributed by atoms with Crippen molar-refractivity contribution in [2.24, 2.45) is 5.92 Å². The Bertz CT molecular complexity index is 788. The molecule has 0 saturated heterocycles. The van der Waals surface area contributed by atoms with Gasteiger partial charge in [-0.2, -0.15) is 0 Å². The van der Waals surface area contributed by atoms with Gasteiger partial charge in [0, 0.05) is 5.92 Å². The molecule has 0 aliphatic heterocycles. The van der Waals surface area contributed by atoms with Gasteiger partial charge >= 0.3 is 0 Å². The average molecular weight is 359 g/mol. The van der Waals surface area contributed by atoms with Crippen molar-refractivity contribution in [1.82, 2.24) is 0 Å². The number of rotatable bonds is 7. The van der Waals surface area contributed by atoms with E-state index in [1.54, 1.807) is 0 Å². The summed E-state index contributed by atoms with van der Waals surface area (Å²) >= 11 is 0. The molecule has 0 amide bonds. The van der Waals surface area contributed by atoms with E-state index in [1.165, 1.54) is 33.4 Å². The summed E-state index contributed by atoms with van der Waals surface area (Å²) in [6.45, 7) is 15.0. The smallest absolute Gasteiger partial charge is 0.0149 e. The molecule has 1 aromatic carbocycles. The molecule has 0 saturated carbocycles. The van der Waals surface area contributed by atoms with Gasteiger partial charge in [0.05, 0.1) is 0 Å². The number of hydrogen-bond acceptors (Lipinski definition) is 0. The van der Waals surface area contributed by atoms with Crippen LogP contribution in [-0.2, 0) is 0 Å². The summed E-state index contributed by atoms with van der Waals surface area (Å²) in [5.74, 6) is 0.725. The molecule has 1 aliphatic carbocycles. The first-order valence-electron chi connectivity index (χ1n) is 10.1. The van der Waals surface area contributed by atoms with Crippen LogP contribution in [0.15, 0.2) is 90.1 Å². The Morgan fingerprint density at radius 3 is 2.41 bits per heavy atom. The minimum absolute atomic E-state index is 0.331. The van der Waals surface area contributed by atoms with E-state index in [0.29, 0.717) is 11.8 Å². The van der Waals surface area contributed by atoms with E-state index in [2.05, 4.69) is 102 Å². The van der Waals surface area contributed by atoms with Crippen LogP contribution in [0.2, 0.25) is 0 Å². The summed E-state index contributed by atoms with van der Waals surface area (Å²) in [5, 5.41) is 0. The van der Waals surface area contributed by atoms with Crippen LogP contribution in [0.3, 0.4) is 0 Å². The maximum absolute atomic E-state index is 3.86. The zero-order chi connectivity index (χ0) is 19.8. The molecule has 27 heavy (non-hydrogen) atoms. The van der Waals surface area contributed by atoms with Gasteiger partial charge in [-0.25, -0.2) is 0 Å². The normalized spacial score (nSPS) is 17.3. The highest BCUT2D eigenvalue weighted by Gasteiger charge is 2.25. The molecule has 0 heteroatoms. The summed E-state index contributed by atoms with van der Waals surface area (Å²) in [6, 6.07) is 6.94. The Labute approximate surface area is 166 Å². The Hall–Kier alpha value is -2.34. The predicted octanol–water partition coefficient (Wildman–Crippen LogP) is 7.93. The molecule has 0 radical (unpaired) electrons. The Morgan fingerprint density at radius 2 is 1.78 bits per heavy atom. The van der Waals surface area contributed by atoms with Crippen LogP contribution in [0, 0.1) is 19.8 Å². The lowest BCUT2D eigenvalue weighted by atomic mass is 9.76. The first-order chi connectivity index (χ1) is 13.0. The highest BCUT2D eigenvalue weighted by molar-refractivity contribution is 5.44. The van der Waals surface area contributed by atoms with Crippen LogP contribution in [0.5, 0.6) is 0 Å². The topological polar surface area (TPSA) is 0 Å². The molecular formula is C27H34. The standard InChI is InChI=1S/C27H34/c1-7-9-13-24(11-8-2)27(25-14-10-12-20(3)15-16-25)23(6)26-18-21(4)17-22(5)19-26/h7,9,11-19,23,27H,1,8,10H2,2-6H3/b13-9-,24-11+. The maximum Gasteiger partial charge on any atom is 0.0149 e. The van der Waals surface area contributed by atoms with Crippen LogP contribution in [0.1, 0.15) is 56.2 Å². The zero-order valence-electron chi connectivity index (χ0n) is 17.6. The lowest BCUT2D eigenvalue weighted by Gasteiger charge is -2.28. The molecule has 1 aromatic rings. The molecule has 0 heterocycles. The van der Waals surface area contributed by atoms with Gasteiger partial charge in [0.2, 0.25) is 0 Å². The molecular weight excluding hydrogens is 324 g/mol. The number of aryl methyl sites for hydroxylation is 2. The predicted molar refractivity (Wildman–Crippen MR) is 121 cm³/mol. The Balaban J connectivity index is 2.56. The molecule has 1 aliphatic rings. The van der Waals surface area contributed by atoms with E-state index in [-0.39, 0.29) is 0 Å². The molecule has 2 atom stereocenters. The van der Waals surface area contributed by atoms with E-state index in [1.807, 2.05) is 6.08 Å². The molecule has 0 nitrogen and oxygen atoms in total. The van der Waals surface area contributed by atoms with E-state index >= 15 is 0 Å². The second-order valence-corrected chi connectivity index (χ2v) is 7.62. The largest absolute Gasteiger partial charge is 0.0991 e. The van der Waals surface area contributed by atoms with Crippen molar-refractivity contribution < 1.29 is 0 Å². The van der Waals surface area contributed by atoms with Crippen molar-refractivity contribution in [1.29, 1.82) is 0 Å². The molecule has 2 unspecified atom stereocenters. The molecule has 0 spiro atoms. The van der Waals surface area contributed by atoms with E-state index < -0.39 is 0 Å². The third-order valence-electron chi connectivity index (χ3n) is 5.18. The van der Waals surface area contributed by atoms with Gasteiger partial charge in [-0.1, -0.05) is 104 Å². The molecule has 0 aromatic heterocycles. The van der Waals surface area contributed by atoms with Crippen LogP contribution < -0.4 is 0 Å². The van der Waals surface area contributed by atoms with Crippen molar-refractivity contribution in [2.75, 3.05) is 0 Å². The highest BCUT2D eigenvalue weighted by Crippen LogP contribution is 2.38. The fourth-order valence-electron chi connectivity index (χ4n) is 3.92. The summed E-state index contributed by atoms with van der Waals surface area (Å²) in [5.41, 5.74) is 8.20. The monoisotopic (exact) mass is 358 g/mol. The van der Waals surface area contributed by atoms with Gasteiger partial charge in [0.15, 0.2) is 0 Å². The maximum atomic E-state index is 3.86. The summed E-state index contributed by atoms with van der Waals surface area (Å²) in [6.07, 6.45) is 19.8. The second kappa shape index (κ2) is 10.1. The van der Waals surface area contributed by atoms with Crippen LogP contribution >= 0.6 is 0 Å². The summed E-state index contributed by atoms with van der Waals surface area (Å²) in [7, 11) is 0. The van der Waals surface area contributed by atoms with Gasteiger partial charge in [0.1, 0.15) is 0 Å². The first kappa shape index (κ1) is 21.0. The SMILES string of the molecule is C=C/C=C\C(=C/CC)C(C1=CCC=C(C)C=C1)C(C)c1cc(C)cc(C)c1. The number of hydrogen-bond donors (Lipinski definition) is 0. The lowest BCUT2D eigenvalue weighted by Crippen LogP contribution is -2.15. The van der Waals surface area contributed by atoms with Crippen LogP contribution in [0.4, 0.5) is 0 Å². The average Bonchev–Trinajstić information content (AvgIpc) is 2.83. The van der Waals surface area contributed by atoms with Crippen molar-refractivity contribution in [3.8, 4) is 0 Å². The van der Waals surface area contributed by atoms with Gasteiger partial charge in [-0.3, -0.25) is 0 Å². The minimum atomic E-state index is 0.331. The minimum Gasteiger partial charge on any atom is -0.0991 e. The van der Waals surface area contributed by atoms with Crippen LogP contribution in [-0.4, -0.2) is 0 Å². The molecule has 0 fully saturated rings. The lowest BCUT2D eigenvalue weighted by molar-refractivity contribution is 0.602. The van der Waals surface area contributed by atoms with Crippen LogP contribution in [0.25, 0.3) is 0 Å². The molecule has 0 bridgehead atoms. The van der Waals surface area contributed by atoms with E-state index in [4.69, 9.17) is 0 Å². The van der Waals surface area contributed by atoms with Gasteiger partial charge < -0.3 is 0 Å². The number of allylic oxidation sites excluding steroid dienone is 11. The third-order valence-corrected chi connectivity index (χ3v) is 5.18. The molecule has 2 rings (SSSR count). The quantitative estimate of drug-likeness (QED) is 0.434. The molecule has 0 N–H and O–H groups in total. The zero-order valence-corrected chi connectivity index (χ0v) is 17.6. The summed E-state index contributed by atoms with van der Waals surface area (Å²) < 4.78 is 0. The van der Waals surface area contributed by atoms with Gasteiger partial charge in [0.25, 0.3) is 0 Å².